The minimum atomic E-state index is -0.983. The van der Waals surface area contributed by atoms with Gasteiger partial charge in [-0.05, 0) is 24.6 Å². The molecule has 3 heterocycles. The van der Waals surface area contributed by atoms with Crippen molar-refractivity contribution in [2.45, 2.75) is 58.4 Å². The number of aryl methyl sites for hydroxylation is 1. The third kappa shape index (κ3) is 4.90. The first-order valence-corrected chi connectivity index (χ1v) is 10.3. The zero-order chi connectivity index (χ0) is 19.9. The maximum atomic E-state index is 11.2. The van der Waals surface area contributed by atoms with Gasteiger partial charge in [0, 0.05) is 24.3 Å². The number of fused-ring (bicyclic) bond motifs is 1. The second kappa shape index (κ2) is 9.69. The minimum absolute atomic E-state index is 0.189. The SMILES string of the molecule is CCCCCCCCCn1cc(Cl)c2cc(-c3cc(C(=O)O)ccn3)ncc21. The number of halogens is 1. The van der Waals surface area contributed by atoms with Crippen LogP contribution in [0.2, 0.25) is 5.02 Å². The molecule has 148 valence electrons. The molecule has 0 fully saturated rings. The Morgan fingerprint density at radius 3 is 2.54 bits per heavy atom. The number of aromatic carboxylic acids is 1. The second-order valence-electron chi connectivity index (χ2n) is 7.11. The fourth-order valence-corrected chi connectivity index (χ4v) is 3.68. The molecule has 0 aliphatic carbocycles. The van der Waals surface area contributed by atoms with E-state index in [4.69, 9.17) is 16.7 Å². The van der Waals surface area contributed by atoms with E-state index >= 15 is 0 Å². The number of pyridine rings is 2. The van der Waals surface area contributed by atoms with Gasteiger partial charge in [-0.15, -0.1) is 0 Å². The van der Waals surface area contributed by atoms with E-state index in [2.05, 4.69) is 21.5 Å². The van der Waals surface area contributed by atoms with Gasteiger partial charge in [0.25, 0.3) is 0 Å². The van der Waals surface area contributed by atoms with Crippen LogP contribution in [0.25, 0.3) is 22.3 Å². The van der Waals surface area contributed by atoms with Crippen LogP contribution in [0.15, 0.2) is 36.8 Å². The molecule has 0 unspecified atom stereocenters. The lowest BCUT2D eigenvalue weighted by atomic mass is 10.1. The predicted molar refractivity (Wildman–Crippen MR) is 113 cm³/mol. The third-order valence-corrected chi connectivity index (χ3v) is 5.29. The van der Waals surface area contributed by atoms with Crippen LogP contribution in [0.1, 0.15) is 62.2 Å². The summed E-state index contributed by atoms with van der Waals surface area (Å²) in [6.45, 7) is 3.16. The Labute approximate surface area is 170 Å². The monoisotopic (exact) mass is 399 g/mol. The lowest BCUT2D eigenvalue weighted by Crippen LogP contribution is -1.99. The van der Waals surface area contributed by atoms with Gasteiger partial charge in [-0.1, -0.05) is 57.0 Å². The van der Waals surface area contributed by atoms with E-state index in [9.17, 15) is 4.79 Å². The highest BCUT2D eigenvalue weighted by atomic mass is 35.5. The number of carbonyl (C=O) groups is 1. The number of carboxylic acids is 1. The van der Waals surface area contributed by atoms with Crippen molar-refractivity contribution in [1.82, 2.24) is 14.5 Å². The van der Waals surface area contributed by atoms with Gasteiger partial charge < -0.3 is 9.67 Å². The molecule has 0 radical (unpaired) electrons. The highest BCUT2D eigenvalue weighted by molar-refractivity contribution is 6.35. The van der Waals surface area contributed by atoms with Crippen LogP contribution in [0.5, 0.6) is 0 Å². The predicted octanol–water partition coefficient (Wildman–Crippen LogP) is 6.20. The minimum Gasteiger partial charge on any atom is -0.478 e. The molecule has 0 spiro atoms. The summed E-state index contributed by atoms with van der Waals surface area (Å²) in [5, 5.41) is 10.8. The zero-order valence-electron chi connectivity index (χ0n) is 16.2. The number of rotatable bonds is 10. The first-order chi connectivity index (χ1) is 13.6. The van der Waals surface area contributed by atoms with Crippen molar-refractivity contribution in [3.63, 3.8) is 0 Å². The lowest BCUT2D eigenvalue weighted by Gasteiger charge is -2.06. The zero-order valence-corrected chi connectivity index (χ0v) is 17.0. The van der Waals surface area contributed by atoms with Gasteiger partial charge >= 0.3 is 5.97 Å². The van der Waals surface area contributed by atoms with Gasteiger partial charge in [-0.2, -0.15) is 0 Å². The summed E-state index contributed by atoms with van der Waals surface area (Å²) in [6, 6.07) is 4.88. The quantitative estimate of drug-likeness (QED) is 0.412. The second-order valence-corrected chi connectivity index (χ2v) is 7.52. The van der Waals surface area contributed by atoms with Crippen molar-refractivity contribution in [1.29, 1.82) is 0 Å². The van der Waals surface area contributed by atoms with Crippen LogP contribution in [-0.4, -0.2) is 25.6 Å². The third-order valence-electron chi connectivity index (χ3n) is 4.99. The fraction of sp³-hybridized carbons (Fsp3) is 0.409. The van der Waals surface area contributed by atoms with Gasteiger partial charge in [0.05, 0.1) is 33.7 Å². The molecule has 0 atom stereocenters. The molecule has 0 aliphatic heterocycles. The summed E-state index contributed by atoms with van der Waals surface area (Å²) >= 11 is 6.45. The van der Waals surface area contributed by atoms with Crippen LogP contribution in [0, 0.1) is 0 Å². The Morgan fingerprint density at radius 1 is 1.07 bits per heavy atom. The van der Waals surface area contributed by atoms with Crippen molar-refractivity contribution < 1.29 is 9.90 Å². The summed E-state index contributed by atoms with van der Waals surface area (Å²) in [6.07, 6.45) is 14.1. The average Bonchev–Trinajstić information content (AvgIpc) is 3.02. The lowest BCUT2D eigenvalue weighted by molar-refractivity contribution is 0.0697. The number of nitrogens with zero attached hydrogens (tertiary/aromatic N) is 3. The highest BCUT2D eigenvalue weighted by Crippen LogP contribution is 2.29. The first-order valence-electron chi connectivity index (χ1n) is 9.94. The number of unbranched alkanes of at least 4 members (excludes halogenated alkanes) is 6. The van der Waals surface area contributed by atoms with E-state index in [1.165, 1.54) is 56.9 Å². The molecule has 0 aliphatic rings. The summed E-state index contributed by atoms with van der Waals surface area (Å²) in [5.74, 6) is -0.983. The average molecular weight is 400 g/mol. The Hall–Kier alpha value is -2.40. The number of aromatic nitrogens is 3. The topological polar surface area (TPSA) is 68.0 Å². The summed E-state index contributed by atoms with van der Waals surface area (Å²) in [7, 11) is 0. The normalized spacial score (nSPS) is 11.2. The first kappa shape index (κ1) is 20.3. The van der Waals surface area contributed by atoms with Crippen molar-refractivity contribution in [2.75, 3.05) is 0 Å². The number of hydrogen-bond donors (Lipinski definition) is 1. The van der Waals surface area contributed by atoms with Crippen LogP contribution in [-0.2, 0) is 6.54 Å². The molecule has 0 aromatic carbocycles. The standard InChI is InChI=1S/C22H26ClN3O2/c1-2-3-4-5-6-7-8-11-26-15-18(23)17-13-20(25-14-21(17)26)19-12-16(22(27)28)9-10-24-19/h9-10,12-15H,2-8,11H2,1H3,(H,27,28). The Kier molecular flexibility index (Phi) is 7.04. The Balaban J connectivity index is 1.71. The van der Waals surface area contributed by atoms with Gasteiger partial charge in [0.1, 0.15) is 0 Å². The molecule has 1 N–H and O–H groups in total. The highest BCUT2D eigenvalue weighted by Gasteiger charge is 2.12. The molecular weight excluding hydrogens is 374 g/mol. The molecule has 5 nitrogen and oxygen atoms in total. The largest absolute Gasteiger partial charge is 0.478 e. The van der Waals surface area contributed by atoms with Gasteiger partial charge in [0.15, 0.2) is 0 Å². The van der Waals surface area contributed by atoms with Crippen LogP contribution in [0.3, 0.4) is 0 Å². The summed E-state index contributed by atoms with van der Waals surface area (Å²) in [4.78, 5) is 19.9. The van der Waals surface area contributed by atoms with Crippen LogP contribution in [0.4, 0.5) is 0 Å². The van der Waals surface area contributed by atoms with E-state index in [0.29, 0.717) is 16.4 Å². The van der Waals surface area contributed by atoms with Gasteiger partial charge in [-0.3, -0.25) is 9.97 Å². The molecule has 6 heteroatoms. The fourth-order valence-electron chi connectivity index (χ4n) is 3.41. The van der Waals surface area contributed by atoms with E-state index < -0.39 is 5.97 Å². The molecule has 3 rings (SSSR count). The summed E-state index contributed by atoms with van der Waals surface area (Å²) in [5.41, 5.74) is 2.33. The van der Waals surface area contributed by atoms with Crippen molar-refractivity contribution in [3.05, 3.63) is 47.4 Å². The van der Waals surface area contributed by atoms with Crippen molar-refractivity contribution in [3.8, 4) is 11.4 Å². The van der Waals surface area contributed by atoms with E-state index in [1.807, 2.05) is 12.3 Å². The summed E-state index contributed by atoms with van der Waals surface area (Å²) < 4.78 is 2.15. The maximum Gasteiger partial charge on any atom is 0.335 e. The Morgan fingerprint density at radius 2 is 1.79 bits per heavy atom. The Bertz CT molecular complexity index is 952. The maximum absolute atomic E-state index is 11.2. The van der Waals surface area contributed by atoms with Crippen molar-refractivity contribution in [2.24, 2.45) is 0 Å². The molecule has 0 bridgehead atoms. The molecular formula is C22H26ClN3O2. The molecule has 0 saturated heterocycles. The van der Waals surface area contributed by atoms with Gasteiger partial charge in [-0.25, -0.2) is 4.79 Å². The molecule has 28 heavy (non-hydrogen) atoms. The van der Waals surface area contributed by atoms with E-state index in [-0.39, 0.29) is 5.56 Å². The number of hydrogen-bond acceptors (Lipinski definition) is 3. The van der Waals surface area contributed by atoms with Crippen LogP contribution < -0.4 is 0 Å². The number of carboxylic acid groups (broad SMARTS) is 1. The molecule has 3 aromatic heterocycles. The van der Waals surface area contributed by atoms with E-state index in [1.54, 1.807) is 6.20 Å². The molecule has 3 aromatic rings. The van der Waals surface area contributed by atoms with Gasteiger partial charge in [0.2, 0.25) is 0 Å². The molecule has 0 amide bonds. The molecule has 0 saturated carbocycles. The van der Waals surface area contributed by atoms with E-state index in [0.717, 1.165) is 23.9 Å². The van der Waals surface area contributed by atoms with Crippen LogP contribution >= 0.6 is 11.6 Å². The van der Waals surface area contributed by atoms with Crippen molar-refractivity contribution >= 4 is 28.5 Å². The smallest absolute Gasteiger partial charge is 0.335 e.